The minimum atomic E-state index is 0.0280. The second-order valence-electron chi connectivity index (χ2n) is 3.99. The van der Waals surface area contributed by atoms with Crippen molar-refractivity contribution in [3.63, 3.8) is 0 Å². The molecule has 1 aromatic rings. The van der Waals surface area contributed by atoms with Gasteiger partial charge >= 0.3 is 0 Å². The number of carbonyl (C=O) groups excluding carboxylic acids is 1. The number of carbonyl (C=O) groups is 1. The topological polar surface area (TPSA) is 46.9 Å². The molecule has 1 amide bonds. The first kappa shape index (κ1) is 11.8. The van der Waals surface area contributed by atoms with Crippen molar-refractivity contribution >= 4 is 5.91 Å². The number of hydrogen-bond acceptors (Lipinski definition) is 2. The zero-order chi connectivity index (χ0) is 11.4. The van der Waals surface area contributed by atoms with Gasteiger partial charge in [-0.25, -0.2) is 0 Å². The van der Waals surface area contributed by atoms with Crippen molar-refractivity contribution in [1.82, 2.24) is 15.1 Å². The second kappa shape index (κ2) is 4.96. The maximum atomic E-state index is 11.6. The Morgan fingerprint density at radius 1 is 1.60 bits per heavy atom. The van der Waals surface area contributed by atoms with E-state index in [-0.39, 0.29) is 17.9 Å². The lowest BCUT2D eigenvalue weighted by Gasteiger charge is -2.15. The fourth-order valence-corrected chi connectivity index (χ4v) is 1.29. The zero-order valence-electron chi connectivity index (χ0n) is 9.82. The molecule has 1 N–H and O–H groups in total. The summed E-state index contributed by atoms with van der Waals surface area (Å²) in [5.74, 6) is 0.179. The predicted octanol–water partition coefficient (Wildman–Crippen LogP) is 1.64. The number of aromatic nitrogens is 2. The van der Waals surface area contributed by atoms with Crippen LogP contribution >= 0.6 is 0 Å². The molecule has 0 aliphatic carbocycles. The molecule has 0 fully saturated rings. The molecule has 0 aliphatic rings. The van der Waals surface area contributed by atoms with Gasteiger partial charge in [0, 0.05) is 24.7 Å². The van der Waals surface area contributed by atoms with E-state index in [2.05, 4.69) is 10.4 Å². The maximum absolute atomic E-state index is 11.6. The van der Waals surface area contributed by atoms with Gasteiger partial charge in [0.25, 0.3) is 0 Å². The van der Waals surface area contributed by atoms with Crippen molar-refractivity contribution < 1.29 is 4.79 Å². The molecule has 0 radical (unpaired) electrons. The minimum Gasteiger partial charge on any atom is -0.349 e. The molecule has 0 spiro atoms. The normalized spacial score (nSPS) is 14.7. The van der Waals surface area contributed by atoms with Crippen LogP contribution in [0.2, 0.25) is 0 Å². The van der Waals surface area contributed by atoms with E-state index in [0.717, 1.165) is 12.0 Å². The van der Waals surface area contributed by atoms with Crippen LogP contribution in [0.4, 0.5) is 0 Å². The van der Waals surface area contributed by atoms with Gasteiger partial charge in [-0.2, -0.15) is 5.10 Å². The van der Waals surface area contributed by atoms with E-state index in [0.29, 0.717) is 0 Å². The summed E-state index contributed by atoms with van der Waals surface area (Å²) in [4.78, 5) is 11.6. The van der Waals surface area contributed by atoms with Crippen LogP contribution in [0.3, 0.4) is 0 Å². The van der Waals surface area contributed by atoms with Crippen LogP contribution < -0.4 is 5.32 Å². The number of nitrogens with one attached hydrogen (secondary N) is 1. The maximum Gasteiger partial charge on any atom is 0.223 e. The Balaban J connectivity index is 2.56. The molecule has 0 saturated heterocycles. The Morgan fingerprint density at radius 3 is 2.73 bits per heavy atom. The monoisotopic (exact) mass is 209 g/mol. The molecule has 15 heavy (non-hydrogen) atoms. The lowest BCUT2D eigenvalue weighted by atomic mass is 10.1. The fraction of sp³-hybridized carbons (Fsp3) is 0.636. The molecular weight excluding hydrogens is 190 g/mol. The highest BCUT2D eigenvalue weighted by Crippen LogP contribution is 2.11. The van der Waals surface area contributed by atoms with E-state index in [4.69, 9.17) is 0 Å². The number of rotatable bonds is 4. The SMILES string of the molecule is CC[C@@H](C)C(=O)N[C@@H](C)c1cnn(C)c1. The van der Waals surface area contributed by atoms with Crippen molar-refractivity contribution in [3.8, 4) is 0 Å². The van der Waals surface area contributed by atoms with Gasteiger partial charge in [0.1, 0.15) is 0 Å². The van der Waals surface area contributed by atoms with E-state index in [9.17, 15) is 4.79 Å². The third-order valence-electron chi connectivity index (χ3n) is 2.64. The summed E-state index contributed by atoms with van der Waals surface area (Å²) in [6.07, 6.45) is 4.56. The largest absolute Gasteiger partial charge is 0.349 e. The van der Waals surface area contributed by atoms with Crippen molar-refractivity contribution in [2.75, 3.05) is 0 Å². The van der Waals surface area contributed by atoms with E-state index >= 15 is 0 Å². The summed E-state index contributed by atoms with van der Waals surface area (Å²) < 4.78 is 1.74. The van der Waals surface area contributed by atoms with E-state index < -0.39 is 0 Å². The third-order valence-corrected chi connectivity index (χ3v) is 2.64. The van der Waals surface area contributed by atoms with Gasteiger partial charge in [0.05, 0.1) is 12.2 Å². The molecule has 84 valence electrons. The van der Waals surface area contributed by atoms with Crippen LogP contribution in [0.5, 0.6) is 0 Å². The molecule has 4 nitrogen and oxygen atoms in total. The minimum absolute atomic E-state index is 0.0280. The molecule has 4 heteroatoms. The average Bonchev–Trinajstić information content (AvgIpc) is 2.63. The molecule has 0 aliphatic heterocycles. The summed E-state index contributed by atoms with van der Waals surface area (Å²) in [6.45, 7) is 5.92. The first-order valence-electron chi connectivity index (χ1n) is 5.33. The summed E-state index contributed by atoms with van der Waals surface area (Å²) in [6, 6.07) is 0.0280. The fourth-order valence-electron chi connectivity index (χ4n) is 1.29. The van der Waals surface area contributed by atoms with E-state index in [1.54, 1.807) is 10.9 Å². The zero-order valence-corrected chi connectivity index (χ0v) is 9.82. The highest BCUT2D eigenvalue weighted by Gasteiger charge is 2.15. The van der Waals surface area contributed by atoms with Gasteiger partial charge in [-0.1, -0.05) is 13.8 Å². The number of amides is 1. The van der Waals surface area contributed by atoms with Crippen molar-refractivity contribution in [3.05, 3.63) is 18.0 Å². The molecule has 1 rings (SSSR count). The molecular formula is C11H19N3O. The molecule has 0 unspecified atom stereocenters. The van der Waals surface area contributed by atoms with Gasteiger partial charge < -0.3 is 5.32 Å². The van der Waals surface area contributed by atoms with Crippen molar-refractivity contribution in [2.24, 2.45) is 13.0 Å². The van der Waals surface area contributed by atoms with Gasteiger partial charge in [-0.05, 0) is 13.3 Å². The lowest BCUT2D eigenvalue weighted by Crippen LogP contribution is -2.31. The molecule has 0 bridgehead atoms. The highest BCUT2D eigenvalue weighted by molar-refractivity contribution is 5.78. The molecule has 0 aromatic carbocycles. The van der Waals surface area contributed by atoms with Crippen molar-refractivity contribution in [2.45, 2.75) is 33.2 Å². The molecule has 2 atom stereocenters. The molecule has 1 heterocycles. The first-order valence-corrected chi connectivity index (χ1v) is 5.33. The number of aryl methyl sites for hydroxylation is 1. The summed E-state index contributed by atoms with van der Waals surface area (Å²) in [5.41, 5.74) is 1.04. The quantitative estimate of drug-likeness (QED) is 0.819. The van der Waals surface area contributed by atoms with Crippen LogP contribution in [-0.4, -0.2) is 15.7 Å². The van der Waals surface area contributed by atoms with Gasteiger partial charge in [0.2, 0.25) is 5.91 Å². The Bertz CT molecular complexity index is 332. The van der Waals surface area contributed by atoms with E-state index in [1.807, 2.05) is 34.0 Å². The molecule has 0 saturated carbocycles. The summed E-state index contributed by atoms with van der Waals surface area (Å²) in [7, 11) is 1.87. The van der Waals surface area contributed by atoms with Crippen LogP contribution in [0, 0.1) is 5.92 Å². The smallest absolute Gasteiger partial charge is 0.223 e. The van der Waals surface area contributed by atoms with Crippen LogP contribution in [0.1, 0.15) is 38.8 Å². The number of hydrogen-bond donors (Lipinski definition) is 1. The Kier molecular flexibility index (Phi) is 3.88. The van der Waals surface area contributed by atoms with Crippen molar-refractivity contribution in [1.29, 1.82) is 0 Å². The first-order chi connectivity index (χ1) is 7.04. The van der Waals surface area contributed by atoms with Gasteiger partial charge in [0.15, 0.2) is 0 Å². The van der Waals surface area contributed by atoms with Crippen LogP contribution in [0.15, 0.2) is 12.4 Å². The van der Waals surface area contributed by atoms with Crippen LogP contribution in [-0.2, 0) is 11.8 Å². The molecule has 1 aromatic heterocycles. The summed E-state index contributed by atoms with van der Waals surface area (Å²) in [5, 5.41) is 7.04. The Hall–Kier alpha value is -1.32. The Labute approximate surface area is 90.7 Å². The standard InChI is InChI=1S/C11H19N3O/c1-5-8(2)11(15)13-9(3)10-6-12-14(4)7-10/h6-9H,5H2,1-4H3,(H,13,15)/t8-,9+/m1/s1. The lowest BCUT2D eigenvalue weighted by molar-refractivity contribution is -0.125. The summed E-state index contributed by atoms with van der Waals surface area (Å²) >= 11 is 0. The highest BCUT2D eigenvalue weighted by atomic mass is 16.1. The predicted molar refractivity (Wildman–Crippen MR) is 59.2 cm³/mol. The Morgan fingerprint density at radius 2 is 2.27 bits per heavy atom. The van der Waals surface area contributed by atoms with Gasteiger partial charge in [-0.15, -0.1) is 0 Å². The van der Waals surface area contributed by atoms with Gasteiger partial charge in [-0.3, -0.25) is 9.48 Å². The second-order valence-corrected chi connectivity index (χ2v) is 3.99. The van der Waals surface area contributed by atoms with Crippen LogP contribution in [0.25, 0.3) is 0 Å². The average molecular weight is 209 g/mol. The van der Waals surface area contributed by atoms with E-state index in [1.165, 1.54) is 0 Å². The number of nitrogens with zero attached hydrogens (tertiary/aromatic N) is 2. The third kappa shape index (κ3) is 3.08.